The Hall–Kier alpha value is -3.86. The number of carbonyl (C=O) groups excluding carboxylic acids is 2. The van der Waals surface area contributed by atoms with Crippen molar-refractivity contribution in [1.82, 2.24) is 9.47 Å². The highest BCUT2D eigenvalue weighted by Crippen LogP contribution is 2.34. The number of rotatable bonds is 5. The van der Waals surface area contributed by atoms with Gasteiger partial charge in [0.1, 0.15) is 0 Å². The summed E-state index contributed by atoms with van der Waals surface area (Å²) in [5.74, 6) is -0.700. The fourth-order valence-electron chi connectivity index (χ4n) is 4.70. The standard InChI is InChI=1S/C29H30N2O3/c1-18-12-13-26(19(2)14-18)31-20(3)15-24(21(31)4)16-25-27(29(33)34-6)22(5)30(28(25)32)17-23-10-8-7-9-11-23/h7-16H,17H2,1-6H3/b25-16-. The lowest BCUT2D eigenvalue weighted by Gasteiger charge is -2.17. The molecule has 0 aliphatic carbocycles. The van der Waals surface area contributed by atoms with Gasteiger partial charge in [0.05, 0.1) is 24.8 Å². The molecule has 34 heavy (non-hydrogen) atoms. The van der Waals surface area contributed by atoms with Crippen molar-refractivity contribution < 1.29 is 14.3 Å². The van der Waals surface area contributed by atoms with Gasteiger partial charge in [-0.2, -0.15) is 0 Å². The number of nitrogens with zero attached hydrogens (tertiary/aromatic N) is 2. The minimum Gasteiger partial charge on any atom is -0.465 e. The zero-order valence-electron chi connectivity index (χ0n) is 20.6. The van der Waals surface area contributed by atoms with Crippen LogP contribution in [0, 0.1) is 27.7 Å². The number of ether oxygens (including phenoxy) is 1. The van der Waals surface area contributed by atoms with Gasteiger partial charge in [0.2, 0.25) is 0 Å². The molecule has 174 valence electrons. The Labute approximate surface area is 201 Å². The summed E-state index contributed by atoms with van der Waals surface area (Å²) in [7, 11) is 1.34. The molecule has 2 aromatic carbocycles. The molecule has 0 atom stereocenters. The third kappa shape index (κ3) is 4.10. The van der Waals surface area contributed by atoms with Crippen LogP contribution >= 0.6 is 0 Å². The summed E-state index contributed by atoms with van der Waals surface area (Å²) >= 11 is 0. The van der Waals surface area contributed by atoms with E-state index < -0.39 is 5.97 Å². The molecule has 5 heteroatoms. The molecule has 0 saturated carbocycles. The van der Waals surface area contributed by atoms with Gasteiger partial charge in [-0.25, -0.2) is 4.79 Å². The largest absolute Gasteiger partial charge is 0.465 e. The van der Waals surface area contributed by atoms with Crippen molar-refractivity contribution >= 4 is 18.0 Å². The second kappa shape index (κ2) is 9.18. The van der Waals surface area contributed by atoms with E-state index >= 15 is 0 Å². The second-order valence-electron chi connectivity index (χ2n) is 8.84. The van der Waals surface area contributed by atoms with Crippen LogP contribution in [0.2, 0.25) is 0 Å². The highest BCUT2D eigenvalue weighted by Gasteiger charge is 2.37. The van der Waals surface area contributed by atoms with Crippen molar-refractivity contribution in [3.63, 3.8) is 0 Å². The average Bonchev–Trinajstić information content (AvgIpc) is 3.21. The fraction of sp³-hybridized carbons (Fsp3) is 0.241. The van der Waals surface area contributed by atoms with Crippen LogP contribution in [-0.2, 0) is 20.9 Å². The van der Waals surface area contributed by atoms with Crippen LogP contribution in [0.3, 0.4) is 0 Å². The summed E-state index contributed by atoms with van der Waals surface area (Å²) in [6, 6.07) is 18.2. The van der Waals surface area contributed by atoms with Crippen molar-refractivity contribution in [2.45, 2.75) is 41.2 Å². The Morgan fingerprint density at radius 1 is 0.971 bits per heavy atom. The minimum atomic E-state index is -0.504. The zero-order valence-corrected chi connectivity index (χ0v) is 20.6. The van der Waals surface area contributed by atoms with Crippen molar-refractivity contribution in [3.05, 3.63) is 105 Å². The Morgan fingerprint density at radius 3 is 2.32 bits per heavy atom. The van der Waals surface area contributed by atoms with Crippen LogP contribution in [0.1, 0.15) is 40.6 Å². The monoisotopic (exact) mass is 454 g/mol. The zero-order chi connectivity index (χ0) is 24.6. The molecule has 0 N–H and O–H groups in total. The van der Waals surface area contributed by atoms with Gasteiger partial charge in [-0.15, -0.1) is 0 Å². The summed E-state index contributed by atoms with van der Waals surface area (Å²) < 4.78 is 7.24. The van der Waals surface area contributed by atoms with Gasteiger partial charge in [-0.05, 0) is 69.5 Å². The first-order valence-electron chi connectivity index (χ1n) is 11.4. The molecule has 2 heterocycles. The van der Waals surface area contributed by atoms with Crippen molar-refractivity contribution in [1.29, 1.82) is 0 Å². The van der Waals surface area contributed by atoms with Crippen LogP contribution in [0.25, 0.3) is 11.8 Å². The molecule has 1 aliphatic rings. The molecule has 3 aromatic rings. The molecular weight excluding hydrogens is 424 g/mol. The predicted molar refractivity (Wildman–Crippen MR) is 134 cm³/mol. The van der Waals surface area contributed by atoms with E-state index in [0.29, 0.717) is 23.4 Å². The van der Waals surface area contributed by atoms with Gasteiger partial charge in [-0.1, -0.05) is 48.0 Å². The van der Waals surface area contributed by atoms with Crippen LogP contribution in [-0.4, -0.2) is 28.5 Å². The molecule has 0 radical (unpaired) electrons. The lowest BCUT2D eigenvalue weighted by Crippen LogP contribution is -2.24. The maximum absolute atomic E-state index is 13.5. The average molecular weight is 455 g/mol. The fourth-order valence-corrected chi connectivity index (χ4v) is 4.70. The van der Waals surface area contributed by atoms with Gasteiger partial charge in [0.15, 0.2) is 0 Å². The van der Waals surface area contributed by atoms with E-state index in [0.717, 1.165) is 28.2 Å². The number of aromatic nitrogens is 1. The molecule has 0 bridgehead atoms. The van der Waals surface area contributed by atoms with E-state index in [1.54, 1.807) is 11.8 Å². The van der Waals surface area contributed by atoms with Crippen LogP contribution in [0.4, 0.5) is 0 Å². The van der Waals surface area contributed by atoms with Gasteiger partial charge in [0.25, 0.3) is 5.91 Å². The summed E-state index contributed by atoms with van der Waals surface area (Å²) in [4.78, 5) is 27.9. The number of allylic oxidation sites excluding steroid dienone is 1. The summed E-state index contributed by atoms with van der Waals surface area (Å²) in [6.07, 6.45) is 1.82. The SMILES string of the molecule is COC(=O)C1=C(C)N(Cc2ccccc2)C(=O)/C1=C\c1cc(C)n(-c2ccc(C)cc2C)c1C. The van der Waals surface area contributed by atoms with E-state index in [2.05, 4.69) is 49.6 Å². The lowest BCUT2D eigenvalue weighted by atomic mass is 10.0. The summed E-state index contributed by atoms with van der Waals surface area (Å²) in [5, 5.41) is 0. The highest BCUT2D eigenvalue weighted by atomic mass is 16.5. The first-order chi connectivity index (χ1) is 16.2. The van der Waals surface area contributed by atoms with Gasteiger partial charge in [0, 0.05) is 22.8 Å². The maximum Gasteiger partial charge on any atom is 0.340 e. The van der Waals surface area contributed by atoms with E-state index in [-0.39, 0.29) is 5.91 Å². The Balaban J connectivity index is 1.80. The van der Waals surface area contributed by atoms with Crippen LogP contribution in [0.5, 0.6) is 0 Å². The number of hydrogen-bond acceptors (Lipinski definition) is 3. The number of esters is 1. The van der Waals surface area contributed by atoms with Crippen molar-refractivity contribution in [2.75, 3.05) is 7.11 Å². The van der Waals surface area contributed by atoms with E-state index in [4.69, 9.17) is 4.74 Å². The van der Waals surface area contributed by atoms with Gasteiger partial charge < -0.3 is 14.2 Å². The molecule has 0 fully saturated rings. The third-order valence-corrected chi connectivity index (χ3v) is 6.45. The van der Waals surface area contributed by atoms with E-state index in [1.165, 1.54) is 18.2 Å². The normalized spacial score (nSPS) is 14.9. The van der Waals surface area contributed by atoms with Crippen molar-refractivity contribution in [3.8, 4) is 5.69 Å². The maximum atomic E-state index is 13.5. The van der Waals surface area contributed by atoms with E-state index in [9.17, 15) is 9.59 Å². The number of benzene rings is 2. The Morgan fingerprint density at radius 2 is 1.68 bits per heavy atom. The quantitative estimate of drug-likeness (QED) is 0.373. The lowest BCUT2D eigenvalue weighted by molar-refractivity contribution is -0.136. The van der Waals surface area contributed by atoms with Crippen LogP contribution in [0.15, 0.2) is 71.4 Å². The first-order valence-corrected chi connectivity index (χ1v) is 11.4. The number of methoxy groups -OCH3 is 1. The first kappa shape index (κ1) is 23.3. The minimum absolute atomic E-state index is 0.196. The molecule has 4 rings (SSSR count). The summed E-state index contributed by atoms with van der Waals surface area (Å²) in [5.41, 5.74) is 8.74. The molecule has 5 nitrogen and oxygen atoms in total. The van der Waals surface area contributed by atoms with Crippen molar-refractivity contribution in [2.24, 2.45) is 0 Å². The molecule has 0 saturated heterocycles. The third-order valence-electron chi connectivity index (χ3n) is 6.45. The van der Waals surface area contributed by atoms with Crippen LogP contribution < -0.4 is 0 Å². The number of aryl methyl sites for hydroxylation is 3. The van der Waals surface area contributed by atoms with E-state index in [1.807, 2.05) is 43.3 Å². The van der Waals surface area contributed by atoms with Gasteiger partial charge >= 0.3 is 5.97 Å². The Bertz CT molecular complexity index is 1340. The molecular formula is C29H30N2O3. The predicted octanol–water partition coefficient (Wildman–Crippen LogP) is 5.58. The molecule has 0 unspecified atom stereocenters. The molecule has 0 spiro atoms. The molecule has 1 amide bonds. The molecule has 1 aliphatic heterocycles. The second-order valence-corrected chi connectivity index (χ2v) is 8.84. The number of hydrogen-bond donors (Lipinski definition) is 0. The van der Waals surface area contributed by atoms with Gasteiger partial charge in [-0.3, -0.25) is 4.79 Å². The number of carbonyl (C=O) groups is 2. The smallest absolute Gasteiger partial charge is 0.340 e. The number of amides is 1. The summed E-state index contributed by atoms with van der Waals surface area (Å²) in [6.45, 7) is 10.5. The molecule has 1 aromatic heterocycles. The highest BCUT2D eigenvalue weighted by molar-refractivity contribution is 6.16. The topological polar surface area (TPSA) is 51.5 Å². The Kier molecular flexibility index (Phi) is 6.29.